The number of hydrogen-bond acceptors (Lipinski definition) is 15. The van der Waals surface area contributed by atoms with Gasteiger partial charge < -0.3 is 106 Å². The van der Waals surface area contributed by atoms with Gasteiger partial charge in [0.1, 0.15) is 6.33 Å². The van der Waals surface area contributed by atoms with Crippen LogP contribution in [0.5, 0.6) is 0 Å². The van der Waals surface area contributed by atoms with Gasteiger partial charge in [-0.1, -0.05) is 93.7 Å². The second-order valence-electron chi connectivity index (χ2n) is 26.1. The van der Waals surface area contributed by atoms with Crippen molar-refractivity contribution in [3.63, 3.8) is 0 Å². The molecule has 9 aromatic carbocycles. The molecule has 618 valence electrons. The van der Waals surface area contributed by atoms with E-state index in [9.17, 15) is 0 Å². The van der Waals surface area contributed by atoms with Gasteiger partial charge in [0.15, 0.2) is 16.9 Å². The predicted molar refractivity (Wildman–Crippen MR) is 492 cm³/mol. The molecule has 20 nitrogen and oxygen atoms in total. The minimum Gasteiger partial charge on any atom is -0.358 e. The summed E-state index contributed by atoms with van der Waals surface area (Å²) in [6, 6.07) is 82.1. The van der Waals surface area contributed by atoms with Gasteiger partial charge in [-0.3, -0.25) is 39.9 Å². The molecule has 25 heteroatoms. The Labute approximate surface area is 785 Å². The van der Waals surface area contributed by atoms with Crippen molar-refractivity contribution in [1.29, 1.82) is 0 Å². The molecule has 0 aliphatic rings. The van der Waals surface area contributed by atoms with Crippen LogP contribution in [-0.4, -0.2) is 96.8 Å². The molecule has 0 bridgehead atoms. The van der Waals surface area contributed by atoms with Crippen LogP contribution >= 0.6 is 0 Å². The molecule has 0 unspecified atom stereocenters. The number of fused-ring (bicyclic) bond motifs is 40. The second kappa shape index (κ2) is 40.8. The van der Waals surface area contributed by atoms with E-state index in [0.29, 0.717) is 33.4 Å². The maximum absolute atomic E-state index is 4.79. The Hall–Kier alpha value is -12.3. The molecular weight excluding hydrogens is 2430 g/mol. The zero-order valence-corrected chi connectivity index (χ0v) is 80.7. The van der Waals surface area contributed by atoms with E-state index >= 15 is 0 Å². The van der Waals surface area contributed by atoms with Crippen LogP contribution in [-0.2, 0) is 101 Å². The van der Waals surface area contributed by atoms with Gasteiger partial charge in [0.2, 0.25) is 0 Å². The van der Waals surface area contributed by atoms with Gasteiger partial charge in [-0.15, -0.1) is 119 Å². The van der Waals surface area contributed by atoms with Crippen molar-refractivity contribution in [3.8, 4) is 0 Å². The predicted octanol–water partition coefficient (Wildman–Crippen LogP) is 22.6. The van der Waals surface area contributed by atoms with E-state index in [2.05, 4.69) is 235 Å². The van der Waals surface area contributed by atoms with Crippen molar-refractivity contribution >= 4 is 203 Å². The summed E-state index contributed by atoms with van der Waals surface area (Å²) in [6.07, 6.45) is 27.5. The van der Waals surface area contributed by atoms with Crippen LogP contribution in [0, 0.1) is 105 Å². The van der Waals surface area contributed by atoms with Crippen LogP contribution in [0.25, 0.3) is 203 Å². The minimum atomic E-state index is 0. The Bertz CT molecular complexity index is 7540. The third kappa shape index (κ3) is 16.1. The topological polar surface area (TPSA) is 215 Å². The molecule has 0 N–H and O–H groups in total. The fourth-order valence-corrected chi connectivity index (χ4v) is 15.5. The molecule has 0 fully saturated rings. The maximum Gasteiger partial charge on any atom is 3.00 e. The molecule has 124 heavy (non-hydrogen) atoms. The Kier molecular flexibility index (Phi) is 32.5. The molecule has 0 atom stereocenters. The first kappa shape index (κ1) is 98.8. The molecular formula is C99H77Ir5N20. The molecule has 17 heterocycles. The number of nitrogens with zero attached hydrogens (tertiary/aromatic N) is 20. The van der Waals surface area contributed by atoms with E-state index in [4.69, 9.17) is 15.0 Å². The van der Waals surface area contributed by atoms with Crippen molar-refractivity contribution in [2.45, 2.75) is 0 Å². The first-order chi connectivity index (χ1) is 54.1. The van der Waals surface area contributed by atoms with Crippen molar-refractivity contribution < 1.29 is 101 Å². The quantitative estimate of drug-likeness (QED) is 0.0784. The maximum atomic E-state index is 4.79. The van der Waals surface area contributed by atoms with Crippen molar-refractivity contribution in [3.05, 3.63) is 392 Å². The molecule has 0 radical (unpaired) electrons. The number of benzene rings is 9. The molecule has 0 saturated heterocycles. The Morgan fingerprint density at radius 2 is 0.694 bits per heavy atom. The molecule has 0 spiro atoms. The van der Waals surface area contributed by atoms with E-state index in [0.717, 1.165) is 110 Å². The van der Waals surface area contributed by atoms with E-state index in [1.54, 1.807) is 37.2 Å². The Morgan fingerprint density at radius 1 is 0.250 bits per heavy atom. The second-order valence-corrected chi connectivity index (χ2v) is 26.1. The van der Waals surface area contributed by atoms with E-state index in [-0.39, 0.29) is 175 Å². The average Bonchev–Trinajstić information content (AvgIpc) is 1.49. The molecule has 0 amide bonds. The van der Waals surface area contributed by atoms with Gasteiger partial charge in [-0.05, 0) is 110 Å². The smallest absolute Gasteiger partial charge is 0.358 e. The van der Waals surface area contributed by atoms with Crippen LogP contribution < -0.4 is 0 Å². The summed E-state index contributed by atoms with van der Waals surface area (Å²) in [5.74, 6) is 0. The minimum absolute atomic E-state index is 0. The molecule has 0 aliphatic carbocycles. The van der Waals surface area contributed by atoms with Crippen LogP contribution in [0.15, 0.2) is 287 Å². The summed E-state index contributed by atoms with van der Waals surface area (Å²) < 4.78 is 10.5. The number of pyridine rings is 9. The molecule has 0 saturated carbocycles. The zero-order chi connectivity index (χ0) is 71.6. The molecule has 26 rings (SSSR count). The van der Waals surface area contributed by atoms with E-state index in [1.807, 2.05) is 114 Å². The first-order valence-electron chi connectivity index (χ1n) is 35.0. The van der Waals surface area contributed by atoms with Crippen LogP contribution in [0.2, 0.25) is 0 Å². The number of aromatic nitrogens is 20. The SMILES string of the molecule is [CH3-].[CH3-].[CH3-].[CH3-].[CH3-].[CH3-].[CH3-].[CH3-].[CH3-].[CH3-].[Ir+3].[Ir+3].[Ir+3].[Ir+3].[Ir+3].[c-]1cccc2c1c1nc3ccncc3n1c1ccccc21.[c-]1cccc2c1c1nc3ccncc3n1c1ccncc21.[c-]1cccc2c1c1nc3ncccc3n1c1ccccc21.[c-]1cccc2c1c1nccn1c1cc3cc4ccccc4cc3cc21.[c-]1ncnc2c1c1nc3nccnc3n1c1cncnc21. The van der Waals surface area contributed by atoms with Crippen LogP contribution in [0.4, 0.5) is 0 Å². The summed E-state index contributed by atoms with van der Waals surface area (Å²) in [5.41, 5.74) is 18.0. The normalized spacial score (nSPS) is 10.4. The molecule has 26 aromatic rings. The molecule has 17 aromatic heterocycles. The van der Waals surface area contributed by atoms with Crippen LogP contribution in [0.3, 0.4) is 0 Å². The van der Waals surface area contributed by atoms with Crippen molar-refractivity contribution in [2.24, 2.45) is 0 Å². The summed E-state index contributed by atoms with van der Waals surface area (Å²) in [4.78, 5) is 65.8. The number of hydrogen-bond donors (Lipinski definition) is 0. The van der Waals surface area contributed by atoms with E-state index in [1.165, 1.54) is 72.0 Å². The van der Waals surface area contributed by atoms with Crippen LogP contribution in [0.1, 0.15) is 0 Å². The average molecular weight is 2510 g/mol. The fourth-order valence-electron chi connectivity index (χ4n) is 15.5. The Balaban J connectivity index is 0.000000207. The van der Waals surface area contributed by atoms with Gasteiger partial charge in [-0.25, -0.2) is 24.9 Å². The monoisotopic (exact) mass is 2510 g/mol. The molecule has 0 aliphatic heterocycles. The van der Waals surface area contributed by atoms with Gasteiger partial charge >= 0.3 is 101 Å². The van der Waals surface area contributed by atoms with Crippen molar-refractivity contribution in [2.75, 3.05) is 0 Å². The summed E-state index contributed by atoms with van der Waals surface area (Å²) in [6.45, 7) is 0. The first-order valence-corrected chi connectivity index (χ1v) is 35.0. The fraction of sp³-hybridized carbons (Fsp3) is 0. The third-order valence-corrected chi connectivity index (χ3v) is 20.2. The summed E-state index contributed by atoms with van der Waals surface area (Å²) in [5, 5.41) is 19.3. The summed E-state index contributed by atoms with van der Waals surface area (Å²) in [7, 11) is 0. The van der Waals surface area contributed by atoms with Gasteiger partial charge in [0, 0.05) is 89.7 Å². The zero-order valence-electron chi connectivity index (χ0n) is 68.7. The van der Waals surface area contributed by atoms with Gasteiger partial charge in [0.05, 0.1) is 85.4 Å². The van der Waals surface area contributed by atoms with Gasteiger partial charge in [-0.2, -0.15) is 0 Å². The standard InChI is InChI=1S/C23H13N2.2C18H10N3.C17H9N4.C13H5N8.10CH3.5Ir/c1-2-6-16-12-18-14-22-21(13-17(18)11-15(16)5-1)19-7-3-4-8-20(19)23-24-9-10-25(22)23;1-2-8-14-12(6-1)13-7-3-4-9-15(13)21-16-10-5-11-19-17(16)20-18(14)21;1-2-7-14-12(5-1)13-6-3-4-8-16(13)21-17-11-19-10-9-15(17)20-18(14)21;1-2-4-12-11(3-1)13-9-18-8-6-15(13)21-16-10-19-7-5-14(16)20-17(12)21;1-2-17-13-11(16-1)20-12-7-3-14-5-18-9(7)10-8(21(12)13)4-15-6-19-10;;;;;;;;;;;;;;;/h1-7,9-14H;1-7,9-11H;1-6,8-11H;1-3,5-10H;1-2,4-6H;10*1H3;;;;;/q15*-1;5*+3. The van der Waals surface area contributed by atoms with Gasteiger partial charge in [0.25, 0.3) is 0 Å². The number of para-hydroxylation sites is 2. The largest absolute Gasteiger partial charge is 3.00 e. The third-order valence-electron chi connectivity index (χ3n) is 20.2. The Morgan fingerprint density at radius 3 is 1.30 bits per heavy atom. The van der Waals surface area contributed by atoms with Crippen molar-refractivity contribution in [1.82, 2.24) is 96.8 Å². The van der Waals surface area contributed by atoms with E-state index < -0.39 is 0 Å². The number of imidazole rings is 5. The number of rotatable bonds is 0. The summed E-state index contributed by atoms with van der Waals surface area (Å²) >= 11 is 0.